The summed E-state index contributed by atoms with van der Waals surface area (Å²) in [5.41, 5.74) is 8.95. The Kier molecular flexibility index (Phi) is 21.6. The van der Waals surface area contributed by atoms with Crippen molar-refractivity contribution in [3.05, 3.63) is 239 Å². The first-order valence-corrected chi connectivity index (χ1v) is 39.6. The van der Waals surface area contributed by atoms with Crippen molar-refractivity contribution in [2.45, 2.75) is 141 Å². The molecule has 2 aromatic carbocycles. The number of likely N-dealkylation sites (tertiary alicyclic amines) is 4. The van der Waals surface area contributed by atoms with Gasteiger partial charge in [-0.1, -0.05) is 18.2 Å². The van der Waals surface area contributed by atoms with Crippen molar-refractivity contribution >= 4 is 46.9 Å². The van der Waals surface area contributed by atoms with Crippen LogP contribution in [0, 0.1) is 71.0 Å². The van der Waals surface area contributed by atoms with Gasteiger partial charge in [-0.3, -0.25) is 19.2 Å². The van der Waals surface area contributed by atoms with Gasteiger partial charge in [-0.2, -0.15) is 45.6 Å². The molecule has 4 aliphatic heterocycles. The SMILES string of the molecule is Cc1ccc(NC2CC3CC2N(C(=O)c2cccc(F)c2-c2ncccn2)C3)nn1.Cc1ccc(NC2CC3CC2N(C(=O)c2ccccc2-n2nccn2)C3)nn1.Cc1ccc(NC2CC3CC2N(C(=O)c2nc(C)ccc2-c2ncccn2)C3)nn1.Cc1ccc(NC2CC3CC2N(C(=O)c2nc(C)ccc2-n2nccn2)C3)nn1. The van der Waals surface area contributed by atoms with Crippen LogP contribution in [0.5, 0.6) is 0 Å². The number of rotatable bonds is 16. The Hall–Kier alpha value is -13.5. The van der Waals surface area contributed by atoms with Gasteiger partial charge in [-0.05, 0) is 226 Å². The monoisotopic (exact) mass is 1570 g/mol. The lowest BCUT2D eigenvalue weighted by atomic mass is 10.0. The van der Waals surface area contributed by atoms with Gasteiger partial charge in [0, 0.05) is 86.5 Å². The number of piperidine rings is 4. The molecule has 4 N–H and O–H groups in total. The zero-order chi connectivity index (χ0) is 80.4. The fourth-order valence-corrected chi connectivity index (χ4v) is 18.0. The molecule has 4 saturated carbocycles. The summed E-state index contributed by atoms with van der Waals surface area (Å²) >= 11 is 0. The molecule has 4 saturated heterocycles. The fraction of sp³-hybridized carbons (Fsp3) is 0.357. The first kappa shape index (κ1) is 76.2. The summed E-state index contributed by atoms with van der Waals surface area (Å²) in [6.07, 6.45) is 20.9. The van der Waals surface area contributed by atoms with Crippen molar-refractivity contribution in [1.29, 1.82) is 0 Å². The number of aromatic nitrogens is 20. The second-order valence-electron chi connectivity index (χ2n) is 31.3. The number of aryl methyl sites for hydroxylation is 6. The predicted octanol–water partition coefficient (Wildman–Crippen LogP) is 9.62. The number of benzene rings is 2. The van der Waals surface area contributed by atoms with Crippen LogP contribution in [0.2, 0.25) is 0 Å². The summed E-state index contributed by atoms with van der Waals surface area (Å²) in [7, 11) is 0. The molecular formula is C84H87FN28O4. The summed E-state index contributed by atoms with van der Waals surface area (Å²) in [6, 6.07) is 39.4. The lowest BCUT2D eigenvalue weighted by molar-refractivity contribution is 0.0679. The highest BCUT2D eigenvalue weighted by atomic mass is 19.1. The third-order valence-electron chi connectivity index (χ3n) is 23.2. The molecule has 14 heterocycles. The van der Waals surface area contributed by atoms with Crippen molar-refractivity contribution in [3.63, 3.8) is 0 Å². The van der Waals surface area contributed by atoms with Gasteiger partial charge in [0.15, 0.2) is 17.3 Å². The number of hydrogen-bond acceptors (Lipinski definition) is 26. The van der Waals surface area contributed by atoms with Gasteiger partial charge in [0.2, 0.25) is 0 Å². The van der Waals surface area contributed by atoms with Crippen LogP contribution in [0.4, 0.5) is 27.7 Å². The van der Waals surface area contributed by atoms with Gasteiger partial charge < -0.3 is 40.9 Å². The topological polar surface area (TPSA) is 371 Å². The minimum Gasteiger partial charge on any atom is -0.364 e. The minimum absolute atomic E-state index is 0.0263. The average molecular weight is 1570 g/mol. The molecule has 20 rings (SSSR count). The molecule has 12 unspecified atom stereocenters. The van der Waals surface area contributed by atoms with E-state index >= 15 is 0 Å². The molecule has 117 heavy (non-hydrogen) atoms. The van der Waals surface area contributed by atoms with Crippen LogP contribution in [-0.4, -0.2) is 218 Å². The molecule has 12 aromatic rings. The molecule has 0 spiro atoms. The molecule has 4 amide bonds. The van der Waals surface area contributed by atoms with Crippen molar-refractivity contribution in [3.8, 4) is 34.2 Å². The number of nitrogens with one attached hydrogen (secondary N) is 4. The van der Waals surface area contributed by atoms with E-state index in [0.29, 0.717) is 81.3 Å². The first-order chi connectivity index (χ1) is 56.9. The van der Waals surface area contributed by atoms with E-state index in [1.54, 1.807) is 73.8 Å². The predicted molar refractivity (Wildman–Crippen MR) is 430 cm³/mol. The number of carbonyl (C=O) groups excluding carboxylic acids is 4. The maximum absolute atomic E-state index is 14.7. The van der Waals surface area contributed by atoms with Gasteiger partial charge in [0.1, 0.15) is 40.5 Å². The lowest BCUT2D eigenvalue weighted by Gasteiger charge is -2.34. The Labute approximate surface area is 673 Å². The molecule has 594 valence electrons. The van der Waals surface area contributed by atoms with Crippen LogP contribution in [0.3, 0.4) is 0 Å². The summed E-state index contributed by atoms with van der Waals surface area (Å²) in [5, 5.41) is 63.9. The Bertz CT molecular complexity index is 5440. The molecular weight excluding hydrogens is 1480 g/mol. The normalized spacial score (nSPS) is 22.7. The number of amides is 4. The molecule has 32 nitrogen and oxygen atoms in total. The van der Waals surface area contributed by atoms with Crippen molar-refractivity contribution in [2.24, 2.45) is 23.7 Å². The van der Waals surface area contributed by atoms with E-state index in [2.05, 4.69) is 112 Å². The quantitative estimate of drug-likeness (QED) is 0.0699. The first-order valence-electron chi connectivity index (χ1n) is 39.6. The molecule has 0 radical (unpaired) electrons. The van der Waals surface area contributed by atoms with Crippen LogP contribution < -0.4 is 21.3 Å². The lowest BCUT2D eigenvalue weighted by Crippen LogP contribution is -2.48. The average Bonchev–Trinajstić information content (AvgIpc) is 1.61. The van der Waals surface area contributed by atoms with Gasteiger partial charge in [-0.15, -0.1) is 25.2 Å². The smallest absolute Gasteiger partial charge is 0.275 e. The highest BCUT2D eigenvalue weighted by Gasteiger charge is 2.52. The van der Waals surface area contributed by atoms with E-state index in [4.69, 9.17) is 0 Å². The maximum atomic E-state index is 14.7. The van der Waals surface area contributed by atoms with E-state index in [1.165, 1.54) is 15.7 Å². The van der Waals surface area contributed by atoms with Gasteiger partial charge in [0.25, 0.3) is 23.6 Å². The van der Waals surface area contributed by atoms with Crippen LogP contribution in [-0.2, 0) is 0 Å². The Morgan fingerprint density at radius 1 is 0.333 bits per heavy atom. The van der Waals surface area contributed by atoms with Gasteiger partial charge in [-0.25, -0.2) is 34.3 Å². The second-order valence-corrected chi connectivity index (χ2v) is 31.3. The molecule has 33 heteroatoms. The summed E-state index contributed by atoms with van der Waals surface area (Å²) in [5.74, 6) is 4.79. The highest BCUT2D eigenvalue weighted by Crippen LogP contribution is 2.45. The van der Waals surface area contributed by atoms with Crippen LogP contribution >= 0.6 is 0 Å². The zero-order valence-corrected chi connectivity index (χ0v) is 65.4. The Balaban J connectivity index is 0.000000112. The van der Waals surface area contributed by atoms with E-state index in [9.17, 15) is 23.6 Å². The zero-order valence-electron chi connectivity index (χ0n) is 65.4. The number of hydrogen-bond donors (Lipinski definition) is 4. The van der Waals surface area contributed by atoms with Gasteiger partial charge in [0.05, 0.1) is 99.7 Å². The number of carbonyl (C=O) groups is 4. The number of fused-ring (bicyclic) bond motifs is 8. The van der Waals surface area contributed by atoms with Crippen molar-refractivity contribution in [2.75, 3.05) is 47.4 Å². The van der Waals surface area contributed by atoms with Crippen LogP contribution in [0.15, 0.2) is 177 Å². The van der Waals surface area contributed by atoms with Crippen LogP contribution in [0.1, 0.15) is 127 Å². The molecule has 12 atom stereocenters. The number of halogens is 1. The Morgan fingerprint density at radius 3 is 1.11 bits per heavy atom. The highest BCUT2D eigenvalue weighted by molar-refractivity contribution is 6.01. The van der Waals surface area contributed by atoms with Crippen LogP contribution in [0.25, 0.3) is 34.2 Å². The molecule has 10 aromatic heterocycles. The number of para-hydroxylation sites is 1. The fourth-order valence-electron chi connectivity index (χ4n) is 18.0. The molecule has 8 aliphatic rings. The standard InChI is InChI=1S/C22H21FN6O.C22H23N7O.C20H22N8O.C20H21N7O/c1-13-6-7-19(28-27-13)26-17-10-14-11-18(17)29(12-14)22(30)15-4-2-5-16(23)20(15)21-24-8-3-9-25-21;1-13-4-6-16(21-23-8-3-9-24-21)20(25-13)22(30)29-12-15-10-17(18(29)11-15)26-19-7-5-14(2)27-28-19;1-12-3-5-16(28-21-7-8-22-28)19(23-12)20(29)27-11-14-9-15(17(27)10-14)24-18-6-4-13(2)25-26-18;1-13-6-7-19(25-24-13)23-16-10-14-11-18(16)26(12-14)20(28)15-4-2-3-5-17(15)27-21-8-9-22-27/h2-9,14,17-18H,10-12H2,1H3,(H,26,28);3-9,15,17-18H,10-12H2,1-2H3,(H,26,28);3-8,14-15,17H,9-11H2,1-2H3,(H,24,26);2-9,14,16,18H,10-12H2,1H3,(H,23,25). The maximum Gasteiger partial charge on any atom is 0.275 e. The van der Waals surface area contributed by atoms with E-state index in [-0.39, 0.29) is 83.4 Å². The van der Waals surface area contributed by atoms with E-state index in [1.807, 2.05) is 158 Å². The molecule has 8 bridgehead atoms. The Morgan fingerprint density at radius 2 is 0.692 bits per heavy atom. The molecule has 8 fully saturated rings. The van der Waals surface area contributed by atoms with E-state index < -0.39 is 5.82 Å². The summed E-state index contributed by atoms with van der Waals surface area (Å²) in [4.78, 5) is 90.7. The number of pyridine rings is 2. The van der Waals surface area contributed by atoms with Crippen molar-refractivity contribution in [1.82, 2.24) is 120 Å². The van der Waals surface area contributed by atoms with Gasteiger partial charge >= 0.3 is 0 Å². The molecule has 4 aliphatic carbocycles. The minimum atomic E-state index is -0.499. The third-order valence-corrected chi connectivity index (χ3v) is 23.2. The summed E-state index contributed by atoms with van der Waals surface area (Å²) in [6.45, 7) is 14.4. The second kappa shape index (κ2) is 33.1. The third kappa shape index (κ3) is 16.4. The number of anilines is 4. The van der Waals surface area contributed by atoms with Crippen molar-refractivity contribution < 1.29 is 23.6 Å². The van der Waals surface area contributed by atoms with E-state index in [0.717, 1.165) is 123 Å². The largest absolute Gasteiger partial charge is 0.364 e. The summed E-state index contributed by atoms with van der Waals surface area (Å²) < 4.78 is 14.7. The number of nitrogens with zero attached hydrogens (tertiary/aromatic N) is 24.